The Labute approximate surface area is 95.6 Å². The van der Waals surface area contributed by atoms with Crippen LogP contribution in [0.2, 0.25) is 0 Å². The lowest BCUT2D eigenvalue weighted by Crippen LogP contribution is -2.41. The Kier molecular flexibility index (Phi) is 3.89. The molecule has 1 saturated heterocycles. The van der Waals surface area contributed by atoms with E-state index in [4.69, 9.17) is 8.92 Å². The second-order valence-corrected chi connectivity index (χ2v) is 5.68. The molecule has 88 valence electrons. The lowest BCUT2D eigenvalue weighted by Gasteiger charge is -2.34. The average Bonchev–Trinajstić information content (AvgIpc) is 2.06. The molecule has 5 heteroatoms. The number of ether oxygens (including phenoxy) is 1. The van der Waals surface area contributed by atoms with Crippen LogP contribution in [-0.4, -0.2) is 28.6 Å². The zero-order valence-electron chi connectivity index (χ0n) is 9.94. The van der Waals surface area contributed by atoms with Crippen molar-refractivity contribution >= 4 is 18.3 Å². The van der Waals surface area contributed by atoms with Gasteiger partial charge in [-0.05, 0) is 27.7 Å². The van der Waals surface area contributed by atoms with Crippen LogP contribution in [0.4, 0.5) is 4.79 Å². The average molecular weight is 233 g/mol. The van der Waals surface area contributed by atoms with Gasteiger partial charge in [0.05, 0.1) is 6.10 Å². The van der Waals surface area contributed by atoms with Crippen molar-refractivity contribution in [1.82, 2.24) is 4.31 Å². The molecular weight excluding hydrogens is 214 g/mol. The maximum Gasteiger partial charge on any atom is 0.422 e. The third kappa shape index (κ3) is 3.91. The maximum atomic E-state index is 11.7. The molecule has 0 aromatic heterocycles. The quantitative estimate of drug-likeness (QED) is 0.476. The third-order valence-corrected chi connectivity index (χ3v) is 3.00. The monoisotopic (exact) mass is 233 g/mol. The van der Waals surface area contributed by atoms with Crippen molar-refractivity contribution in [3.8, 4) is 0 Å². The van der Waals surface area contributed by atoms with Crippen LogP contribution in [0.1, 0.15) is 34.6 Å². The van der Waals surface area contributed by atoms with Gasteiger partial charge in [-0.25, -0.2) is 9.10 Å². The van der Waals surface area contributed by atoms with Crippen LogP contribution in [0.5, 0.6) is 0 Å². The van der Waals surface area contributed by atoms with Crippen molar-refractivity contribution in [2.24, 2.45) is 5.92 Å². The number of carbonyl (C=O) groups is 1. The summed E-state index contributed by atoms with van der Waals surface area (Å²) in [6.07, 6.45) is -0.153. The molecule has 2 atom stereocenters. The van der Waals surface area contributed by atoms with Crippen molar-refractivity contribution in [3.63, 3.8) is 0 Å². The van der Waals surface area contributed by atoms with Gasteiger partial charge in [-0.3, -0.25) is 4.18 Å². The van der Waals surface area contributed by atoms with Crippen molar-refractivity contribution in [2.45, 2.75) is 46.3 Å². The number of hydrogen-bond donors (Lipinski definition) is 0. The molecule has 2 unspecified atom stereocenters. The minimum Gasteiger partial charge on any atom is -0.443 e. The first-order valence-electron chi connectivity index (χ1n) is 5.13. The van der Waals surface area contributed by atoms with Gasteiger partial charge in [0.25, 0.3) is 0 Å². The lowest BCUT2D eigenvalue weighted by atomic mass is 10.1. The largest absolute Gasteiger partial charge is 0.443 e. The minimum atomic E-state index is -0.454. The summed E-state index contributed by atoms with van der Waals surface area (Å²) < 4.78 is 12.2. The summed E-state index contributed by atoms with van der Waals surface area (Å²) in [5.74, 6) is 0.332. The molecule has 4 nitrogen and oxygen atoms in total. The standard InChI is InChI=1S/C10H19NO3S/c1-7-6-11(15-14-8(7)2)9(12)13-10(3,4)5/h7-8H,6H2,1-5H3. The van der Waals surface area contributed by atoms with Gasteiger partial charge in [0.15, 0.2) is 0 Å². The predicted molar refractivity (Wildman–Crippen MR) is 60.2 cm³/mol. The molecule has 15 heavy (non-hydrogen) atoms. The molecule has 1 amide bonds. The van der Waals surface area contributed by atoms with E-state index in [9.17, 15) is 4.79 Å². The predicted octanol–water partition coefficient (Wildman–Crippen LogP) is 2.84. The molecule has 1 aliphatic heterocycles. The number of nitrogens with zero attached hydrogens (tertiary/aromatic N) is 1. The number of rotatable bonds is 0. The summed E-state index contributed by atoms with van der Waals surface area (Å²) in [6.45, 7) is 10.3. The van der Waals surface area contributed by atoms with Crippen molar-refractivity contribution in [2.75, 3.05) is 6.54 Å². The van der Waals surface area contributed by atoms with Crippen molar-refractivity contribution in [3.05, 3.63) is 0 Å². The van der Waals surface area contributed by atoms with E-state index in [0.717, 1.165) is 12.2 Å². The highest BCUT2D eigenvalue weighted by atomic mass is 32.2. The number of hydrogen-bond acceptors (Lipinski definition) is 4. The molecule has 1 fully saturated rings. The summed E-state index contributed by atoms with van der Waals surface area (Å²) in [4.78, 5) is 11.7. The van der Waals surface area contributed by atoms with E-state index in [0.29, 0.717) is 12.5 Å². The van der Waals surface area contributed by atoms with Gasteiger partial charge in [-0.1, -0.05) is 6.92 Å². The highest BCUT2D eigenvalue weighted by Gasteiger charge is 2.31. The second kappa shape index (κ2) is 4.61. The van der Waals surface area contributed by atoms with Gasteiger partial charge >= 0.3 is 6.09 Å². The van der Waals surface area contributed by atoms with Crippen molar-refractivity contribution in [1.29, 1.82) is 0 Å². The zero-order valence-corrected chi connectivity index (χ0v) is 10.8. The van der Waals surface area contributed by atoms with E-state index in [1.807, 2.05) is 27.7 Å². The molecule has 1 aliphatic rings. The molecule has 0 aliphatic carbocycles. The van der Waals surface area contributed by atoms with Gasteiger partial charge in [0.2, 0.25) is 0 Å². The molecule has 0 saturated carbocycles. The molecular formula is C10H19NO3S. The molecule has 0 bridgehead atoms. The van der Waals surface area contributed by atoms with Gasteiger partial charge in [-0.15, -0.1) is 0 Å². The number of carbonyl (C=O) groups excluding carboxylic acids is 1. The van der Waals surface area contributed by atoms with E-state index in [1.165, 1.54) is 4.31 Å². The normalized spacial score (nSPS) is 27.7. The second-order valence-electron chi connectivity index (χ2n) is 4.89. The Morgan fingerprint density at radius 3 is 2.53 bits per heavy atom. The zero-order chi connectivity index (χ0) is 11.6. The van der Waals surface area contributed by atoms with E-state index in [2.05, 4.69) is 6.92 Å². The summed E-state index contributed by atoms with van der Waals surface area (Å²) >= 11 is 1.08. The van der Waals surface area contributed by atoms with Crippen molar-refractivity contribution < 1.29 is 13.7 Å². The Morgan fingerprint density at radius 1 is 1.47 bits per heavy atom. The SMILES string of the molecule is CC1CN(C(=O)OC(C)(C)C)SOC1C. The number of amides is 1. The van der Waals surface area contributed by atoms with Crippen LogP contribution < -0.4 is 0 Å². The molecule has 1 heterocycles. The molecule has 0 radical (unpaired) electrons. The Balaban J connectivity index is 2.48. The van der Waals surface area contributed by atoms with E-state index in [1.54, 1.807) is 0 Å². The third-order valence-electron chi connectivity index (χ3n) is 2.14. The van der Waals surface area contributed by atoms with Crippen LogP contribution in [0.15, 0.2) is 0 Å². The van der Waals surface area contributed by atoms with Gasteiger partial charge < -0.3 is 4.74 Å². The van der Waals surface area contributed by atoms with Crippen LogP contribution >= 0.6 is 12.2 Å². The minimum absolute atomic E-state index is 0.175. The van der Waals surface area contributed by atoms with E-state index in [-0.39, 0.29) is 12.2 Å². The fraction of sp³-hybridized carbons (Fsp3) is 0.900. The van der Waals surface area contributed by atoms with E-state index >= 15 is 0 Å². The lowest BCUT2D eigenvalue weighted by molar-refractivity contribution is 0.0296. The topological polar surface area (TPSA) is 38.8 Å². The Hall–Kier alpha value is -0.420. The maximum absolute atomic E-state index is 11.7. The van der Waals surface area contributed by atoms with Crippen LogP contribution in [0.25, 0.3) is 0 Å². The fourth-order valence-corrected chi connectivity index (χ4v) is 1.90. The first-order valence-corrected chi connectivity index (χ1v) is 5.83. The smallest absolute Gasteiger partial charge is 0.422 e. The van der Waals surface area contributed by atoms with Gasteiger partial charge in [0, 0.05) is 12.5 Å². The summed E-state index contributed by atoms with van der Waals surface area (Å²) in [6, 6.07) is 0. The van der Waals surface area contributed by atoms with Gasteiger partial charge in [0.1, 0.15) is 17.8 Å². The Morgan fingerprint density at radius 2 is 2.07 bits per heavy atom. The van der Waals surface area contributed by atoms with Crippen LogP contribution in [-0.2, 0) is 8.92 Å². The van der Waals surface area contributed by atoms with Crippen LogP contribution in [0, 0.1) is 5.92 Å². The first kappa shape index (κ1) is 12.6. The summed E-state index contributed by atoms with van der Waals surface area (Å²) in [7, 11) is 0. The molecule has 0 spiro atoms. The summed E-state index contributed by atoms with van der Waals surface area (Å²) in [5, 5.41) is 0. The van der Waals surface area contributed by atoms with Gasteiger partial charge in [-0.2, -0.15) is 0 Å². The molecule has 0 aromatic rings. The van der Waals surface area contributed by atoms with E-state index < -0.39 is 5.60 Å². The molecule has 0 N–H and O–H groups in total. The highest BCUT2D eigenvalue weighted by molar-refractivity contribution is 7.92. The first-order chi connectivity index (χ1) is 6.79. The molecule has 0 aromatic carbocycles. The fourth-order valence-electron chi connectivity index (χ4n) is 1.07. The highest BCUT2D eigenvalue weighted by Crippen LogP contribution is 2.28. The Bertz CT molecular complexity index is 239. The summed E-state index contributed by atoms with van der Waals surface area (Å²) in [5.41, 5.74) is -0.454. The molecule has 1 rings (SSSR count). The van der Waals surface area contributed by atoms with Crippen LogP contribution in [0.3, 0.4) is 0 Å².